The van der Waals surface area contributed by atoms with Crippen molar-refractivity contribution in [1.82, 2.24) is 10.2 Å². The Morgan fingerprint density at radius 1 is 1.29 bits per heavy atom. The molecule has 0 spiro atoms. The Morgan fingerprint density at radius 2 is 1.95 bits per heavy atom. The number of benzene rings is 1. The summed E-state index contributed by atoms with van der Waals surface area (Å²) in [6.45, 7) is 1.08. The Morgan fingerprint density at radius 3 is 2.52 bits per heavy atom. The van der Waals surface area contributed by atoms with Gasteiger partial charge in [-0.2, -0.15) is 0 Å². The Labute approximate surface area is 120 Å². The van der Waals surface area contributed by atoms with Crippen LogP contribution < -0.4 is 5.32 Å². The maximum Gasteiger partial charge on any atom is 0.331 e. The highest BCUT2D eigenvalue weighted by Crippen LogP contribution is 2.24. The van der Waals surface area contributed by atoms with E-state index >= 15 is 0 Å². The number of urea groups is 1. The van der Waals surface area contributed by atoms with Crippen molar-refractivity contribution >= 4 is 23.8 Å². The molecule has 1 aromatic rings. The summed E-state index contributed by atoms with van der Waals surface area (Å²) in [6.07, 6.45) is -0.408. The van der Waals surface area contributed by atoms with E-state index in [1.54, 1.807) is 30.3 Å². The molecule has 1 fully saturated rings. The molecule has 2 rings (SSSR count). The van der Waals surface area contributed by atoms with Crippen LogP contribution in [0.25, 0.3) is 0 Å². The van der Waals surface area contributed by atoms with Crippen LogP contribution in [-0.4, -0.2) is 35.3 Å². The van der Waals surface area contributed by atoms with Crippen LogP contribution in [0.5, 0.6) is 0 Å². The maximum absolute atomic E-state index is 12.0. The van der Waals surface area contributed by atoms with E-state index in [-0.39, 0.29) is 6.61 Å². The molecule has 7 nitrogen and oxygen atoms in total. The van der Waals surface area contributed by atoms with Gasteiger partial charge in [-0.05, 0) is 5.56 Å². The number of imide groups is 2. The van der Waals surface area contributed by atoms with Crippen LogP contribution in [0.4, 0.5) is 4.79 Å². The van der Waals surface area contributed by atoms with Crippen molar-refractivity contribution in [3.05, 3.63) is 35.9 Å². The van der Waals surface area contributed by atoms with Crippen LogP contribution in [0.1, 0.15) is 24.9 Å². The van der Waals surface area contributed by atoms with Crippen LogP contribution in [0.15, 0.2) is 30.3 Å². The molecule has 1 unspecified atom stereocenters. The molecule has 21 heavy (non-hydrogen) atoms. The van der Waals surface area contributed by atoms with Gasteiger partial charge in [0.05, 0.1) is 0 Å². The standard InChI is InChI=1S/C14H14N2O5/c1-9(17)21-8-11(10-5-3-2-4-6-10)16-13(19)7-12(18)15-14(16)20/h2-6,11H,7-8H2,1H3,(H,15,18,20). The molecule has 1 saturated heterocycles. The van der Waals surface area contributed by atoms with E-state index in [0.717, 1.165) is 4.90 Å². The molecule has 0 saturated carbocycles. The first-order chi connectivity index (χ1) is 9.99. The summed E-state index contributed by atoms with van der Waals surface area (Å²) in [5.74, 6) is -1.78. The van der Waals surface area contributed by atoms with E-state index in [1.807, 2.05) is 0 Å². The summed E-state index contributed by atoms with van der Waals surface area (Å²) >= 11 is 0. The van der Waals surface area contributed by atoms with E-state index < -0.39 is 36.3 Å². The molecule has 0 aromatic heterocycles. The van der Waals surface area contributed by atoms with Crippen molar-refractivity contribution in [2.75, 3.05) is 6.61 Å². The van der Waals surface area contributed by atoms with Crippen LogP contribution >= 0.6 is 0 Å². The van der Waals surface area contributed by atoms with Gasteiger partial charge in [0.15, 0.2) is 0 Å². The highest BCUT2D eigenvalue weighted by molar-refractivity contribution is 6.14. The number of barbiturate groups is 1. The minimum absolute atomic E-state index is 0.160. The predicted molar refractivity (Wildman–Crippen MR) is 70.8 cm³/mol. The molecule has 1 N–H and O–H groups in total. The number of carbonyl (C=O) groups excluding carboxylic acids is 4. The smallest absolute Gasteiger partial charge is 0.331 e. The van der Waals surface area contributed by atoms with E-state index in [4.69, 9.17) is 4.74 Å². The fourth-order valence-electron chi connectivity index (χ4n) is 2.07. The Kier molecular flexibility index (Phi) is 4.32. The fraction of sp³-hybridized carbons (Fsp3) is 0.286. The average molecular weight is 290 g/mol. The zero-order valence-corrected chi connectivity index (χ0v) is 11.4. The number of esters is 1. The highest BCUT2D eigenvalue weighted by Gasteiger charge is 2.37. The molecule has 1 atom stereocenters. The monoisotopic (exact) mass is 290 g/mol. The van der Waals surface area contributed by atoms with Gasteiger partial charge in [0.25, 0.3) is 0 Å². The summed E-state index contributed by atoms with van der Waals surface area (Å²) < 4.78 is 4.94. The van der Waals surface area contributed by atoms with Gasteiger partial charge in [0, 0.05) is 6.92 Å². The van der Waals surface area contributed by atoms with Crippen molar-refractivity contribution in [2.45, 2.75) is 19.4 Å². The molecule has 0 radical (unpaired) electrons. The number of ether oxygens (including phenoxy) is 1. The zero-order valence-electron chi connectivity index (χ0n) is 11.4. The first kappa shape index (κ1) is 14.7. The lowest BCUT2D eigenvalue weighted by molar-refractivity contribution is -0.147. The molecule has 0 aliphatic carbocycles. The molecule has 1 aliphatic heterocycles. The van der Waals surface area contributed by atoms with Crippen molar-refractivity contribution in [3.8, 4) is 0 Å². The SMILES string of the molecule is CC(=O)OCC(c1ccccc1)N1C(=O)CC(=O)NC1=O. The van der Waals surface area contributed by atoms with Crippen molar-refractivity contribution in [2.24, 2.45) is 0 Å². The normalized spacial score (nSPS) is 16.4. The topological polar surface area (TPSA) is 92.8 Å². The van der Waals surface area contributed by atoms with E-state index in [0.29, 0.717) is 5.56 Å². The Hall–Kier alpha value is -2.70. The van der Waals surface area contributed by atoms with Gasteiger partial charge in [-0.25, -0.2) is 4.79 Å². The third kappa shape index (κ3) is 3.44. The van der Waals surface area contributed by atoms with E-state index in [2.05, 4.69) is 5.32 Å². The summed E-state index contributed by atoms with van der Waals surface area (Å²) in [5.41, 5.74) is 0.636. The first-order valence-electron chi connectivity index (χ1n) is 6.33. The number of nitrogens with zero attached hydrogens (tertiary/aromatic N) is 1. The first-order valence-corrected chi connectivity index (χ1v) is 6.33. The number of amides is 4. The van der Waals surface area contributed by atoms with Gasteiger partial charge in [-0.15, -0.1) is 0 Å². The molecule has 110 valence electrons. The second kappa shape index (κ2) is 6.17. The highest BCUT2D eigenvalue weighted by atomic mass is 16.5. The van der Waals surface area contributed by atoms with Crippen molar-refractivity contribution in [1.29, 1.82) is 0 Å². The quantitative estimate of drug-likeness (QED) is 0.652. The number of carbonyl (C=O) groups is 4. The molecule has 1 aromatic carbocycles. The largest absolute Gasteiger partial charge is 0.463 e. The summed E-state index contributed by atoms with van der Waals surface area (Å²) in [5, 5.41) is 2.08. The molecule has 7 heteroatoms. The molecule has 4 amide bonds. The Balaban J connectivity index is 2.30. The number of hydrogen-bond donors (Lipinski definition) is 1. The Bertz CT molecular complexity index is 564. The summed E-state index contributed by atoms with van der Waals surface area (Å²) in [6, 6.07) is 7.12. The molecular weight excluding hydrogens is 276 g/mol. The third-order valence-electron chi connectivity index (χ3n) is 2.99. The van der Waals surface area contributed by atoms with Crippen LogP contribution in [0.3, 0.4) is 0 Å². The van der Waals surface area contributed by atoms with Crippen molar-refractivity contribution < 1.29 is 23.9 Å². The van der Waals surface area contributed by atoms with Gasteiger partial charge >= 0.3 is 12.0 Å². The lowest BCUT2D eigenvalue weighted by Crippen LogP contribution is -2.54. The summed E-state index contributed by atoms with van der Waals surface area (Å²) in [4.78, 5) is 47.0. The molecule has 0 bridgehead atoms. The maximum atomic E-state index is 12.0. The number of nitrogens with one attached hydrogen (secondary N) is 1. The zero-order chi connectivity index (χ0) is 15.4. The van der Waals surface area contributed by atoms with Crippen LogP contribution in [0, 0.1) is 0 Å². The second-order valence-corrected chi connectivity index (χ2v) is 4.52. The summed E-state index contributed by atoms with van der Waals surface area (Å²) in [7, 11) is 0. The van der Waals surface area contributed by atoms with E-state index in [9.17, 15) is 19.2 Å². The average Bonchev–Trinajstić information content (AvgIpc) is 2.42. The molecule has 1 heterocycles. The number of hydrogen-bond acceptors (Lipinski definition) is 5. The minimum atomic E-state index is -0.808. The minimum Gasteiger partial charge on any atom is -0.463 e. The lowest BCUT2D eigenvalue weighted by Gasteiger charge is -2.32. The third-order valence-corrected chi connectivity index (χ3v) is 2.99. The van der Waals surface area contributed by atoms with Gasteiger partial charge in [0.1, 0.15) is 19.1 Å². The second-order valence-electron chi connectivity index (χ2n) is 4.52. The van der Waals surface area contributed by atoms with Gasteiger partial charge < -0.3 is 4.74 Å². The molecular formula is C14H14N2O5. The predicted octanol–water partition coefficient (Wildman–Crippen LogP) is 0.759. The van der Waals surface area contributed by atoms with Gasteiger partial charge in [0.2, 0.25) is 11.8 Å². The fourth-order valence-corrected chi connectivity index (χ4v) is 2.07. The van der Waals surface area contributed by atoms with E-state index in [1.165, 1.54) is 6.92 Å². The van der Waals surface area contributed by atoms with Crippen LogP contribution in [-0.2, 0) is 19.1 Å². The van der Waals surface area contributed by atoms with Gasteiger partial charge in [-0.3, -0.25) is 24.6 Å². The lowest BCUT2D eigenvalue weighted by atomic mass is 10.0. The number of rotatable bonds is 4. The van der Waals surface area contributed by atoms with Gasteiger partial charge in [-0.1, -0.05) is 30.3 Å². The van der Waals surface area contributed by atoms with Crippen molar-refractivity contribution in [3.63, 3.8) is 0 Å². The van der Waals surface area contributed by atoms with Crippen LogP contribution in [0.2, 0.25) is 0 Å². The molecule has 1 aliphatic rings.